The summed E-state index contributed by atoms with van der Waals surface area (Å²) >= 11 is 1.40. The first-order chi connectivity index (χ1) is 8.88. The van der Waals surface area contributed by atoms with E-state index in [2.05, 4.69) is 4.98 Å². The first-order valence-corrected chi connectivity index (χ1v) is 7.46. The SMILES string of the molecule is C[C@@H]1CN(C(=O)CCc2csc(N)n2)CC[C@]1(C)O. The van der Waals surface area contributed by atoms with E-state index in [0.717, 1.165) is 5.69 Å². The topological polar surface area (TPSA) is 79.5 Å². The second-order valence-electron chi connectivity index (χ2n) is 5.53. The van der Waals surface area contributed by atoms with Crippen LogP contribution < -0.4 is 5.73 Å². The average molecular weight is 283 g/mol. The summed E-state index contributed by atoms with van der Waals surface area (Å²) in [6.45, 7) is 5.10. The van der Waals surface area contributed by atoms with E-state index < -0.39 is 5.60 Å². The van der Waals surface area contributed by atoms with Crippen LogP contribution in [-0.2, 0) is 11.2 Å². The first-order valence-electron chi connectivity index (χ1n) is 6.58. The minimum absolute atomic E-state index is 0.111. The molecule has 106 valence electrons. The molecule has 3 N–H and O–H groups in total. The molecule has 0 aliphatic carbocycles. The molecule has 1 aliphatic heterocycles. The third kappa shape index (κ3) is 3.45. The van der Waals surface area contributed by atoms with Crippen molar-refractivity contribution < 1.29 is 9.90 Å². The van der Waals surface area contributed by atoms with Crippen LogP contribution >= 0.6 is 11.3 Å². The molecule has 6 heteroatoms. The fraction of sp³-hybridized carbons (Fsp3) is 0.692. The highest BCUT2D eigenvalue weighted by atomic mass is 32.1. The highest BCUT2D eigenvalue weighted by Gasteiger charge is 2.35. The third-order valence-corrected chi connectivity index (χ3v) is 4.68. The molecule has 2 atom stereocenters. The molecule has 19 heavy (non-hydrogen) atoms. The Labute approximate surface area is 117 Å². The Hall–Kier alpha value is -1.14. The van der Waals surface area contributed by atoms with Gasteiger partial charge in [0.1, 0.15) is 0 Å². The number of aryl methyl sites for hydroxylation is 1. The molecule has 0 spiro atoms. The van der Waals surface area contributed by atoms with Gasteiger partial charge in [-0.3, -0.25) is 4.79 Å². The highest BCUT2D eigenvalue weighted by molar-refractivity contribution is 7.13. The smallest absolute Gasteiger partial charge is 0.222 e. The number of thiazole rings is 1. The molecule has 1 aromatic rings. The lowest BCUT2D eigenvalue weighted by atomic mass is 9.84. The third-order valence-electron chi connectivity index (χ3n) is 3.96. The second-order valence-corrected chi connectivity index (χ2v) is 6.41. The molecule has 0 saturated carbocycles. The number of aliphatic hydroxyl groups is 1. The standard InChI is InChI=1S/C13H21N3O2S/c1-9-7-16(6-5-13(9,2)18)11(17)4-3-10-8-19-12(14)15-10/h8-9,18H,3-7H2,1-2H3,(H2,14,15)/t9-,13+/m1/s1. The van der Waals surface area contributed by atoms with Crippen molar-refractivity contribution in [1.82, 2.24) is 9.88 Å². The predicted molar refractivity (Wildman–Crippen MR) is 75.8 cm³/mol. The molecule has 2 rings (SSSR count). The van der Waals surface area contributed by atoms with E-state index in [0.29, 0.717) is 37.5 Å². The van der Waals surface area contributed by atoms with Crippen molar-refractivity contribution in [2.75, 3.05) is 18.8 Å². The molecule has 2 heterocycles. The van der Waals surface area contributed by atoms with Crippen molar-refractivity contribution in [3.8, 4) is 0 Å². The van der Waals surface area contributed by atoms with Gasteiger partial charge in [0, 0.05) is 30.8 Å². The van der Waals surface area contributed by atoms with Crippen LogP contribution in [0, 0.1) is 5.92 Å². The molecule has 0 unspecified atom stereocenters. The number of aromatic nitrogens is 1. The van der Waals surface area contributed by atoms with Crippen molar-refractivity contribution in [2.45, 2.75) is 38.7 Å². The molecule has 1 amide bonds. The van der Waals surface area contributed by atoms with Gasteiger partial charge >= 0.3 is 0 Å². The number of nitrogens with zero attached hydrogens (tertiary/aromatic N) is 2. The number of carbonyl (C=O) groups is 1. The highest BCUT2D eigenvalue weighted by Crippen LogP contribution is 2.27. The van der Waals surface area contributed by atoms with Crippen LogP contribution in [-0.4, -0.2) is 39.6 Å². The zero-order valence-electron chi connectivity index (χ0n) is 11.4. The maximum Gasteiger partial charge on any atom is 0.222 e. The van der Waals surface area contributed by atoms with Crippen LogP contribution in [0.3, 0.4) is 0 Å². The van der Waals surface area contributed by atoms with E-state index in [1.54, 1.807) is 0 Å². The molecular formula is C13H21N3O2S. The van der Waals surface area contributed by atoms with Crippen LogP contribution in [0.25, 0.3) is 0 Å². The lowest BCUT2D eigenvalue weighted by Gasteiger charge is -2.41. The summed E-state index contributed by atoms with van der Waals surface area (Å²) in [6, 6.07) is 0. The Bertz CT molecular complexity index is 458. The van der Waals surface area contributed by atoms with Crippen LogP contribution in [0.5, 0.6) is 0 Å². The van der Waals surface area contributed by atoms with Gasteiger partial charge in [-0.25, -0.2) is 4.98 Å². The maximum absolute atomic E-state index is 12.1. The summed E-state index contributed by atoms with van der Waals surface area (Å²) in [6.07, 6.45) is 1.73. The van der Waals surface area contributed by atoms with Gasteiger partial charge in [0.25, 0.3) is 0 Å². The number of carbonyl (C=O) groups excluding carboxylic acids is 1. The second kappa shape index (κ2) is 5.46. The van der Waals surface area contributed by atoms with E-state index in [4.69, 9.17) is 5.73 Å². The largest absolute Gasteiger partial charge is 0.390 e. The van der Waals surface area contributed by atoms with Gasteiger partial charge in [0.2, 0.25) is 5.91 Å². The Morgan fingerprint density at radius 3 is 3.05 bits per heavy atom. The molecule has 1 aromatic heterocycles. The molecule has 5 nitrogen and oxygen atoms in total. The first kappa shape index (κ1) is 14.3. The average Bonchev–Trinajstić information content (AvgIpc) is 2.76. The summed E-state index contributed by atoms with van der Waals surface area (Å²) < 4.78 is 0. The fourth-order valence-corrected chi connectivity index (χ4v) is 2.88. The normalized spacial score (nSPS) is 27.5. The predicted octanol–water partition coefficient (Wildman–Crippen LogP) is 1.28. The number of rotatable bonds is 3. The number of nitrogens with two attached hydrogens (primary N) is 1. The molecule has 0 radical (unpaired) electrons. The zero-order chi connectivity index (χ0) is 14.0. The van der Waals surface area contributed by atoms with Crippen LogP contribution in [0.4, 0.5) is 5.13 Å². The Kier molecular flexibility index (Phi) is 4.10. The van der Waals surface area contributed by atoms with Gasteiger partial charge in [-0.05, 0) is 19.8 Å². The summed E-state index contributed by atoms with van der Waals surface area (Å²) in [4.78, 5) is 18.1. The van der Waals surface area contributed by atoms with Crippen LogP contribution in [0.1, 0.15) is 32.4 Å². The Morgan fingerprint density at radius 1 is 1.74 bits per heavy atom. The van der Waals surface area contributed by atoms with Gasteiger partial charge in [0.15, 0.2) is 5.13 Å². The summed E-state index contributed by atoms with van der Waals surface area (Å²) in [5.41, 5.74) is 5.79. The van der Waals surface area contributed by atoms with Crippen LogP contribution in [0.15, 0.2) is 5.38 Å². The number of likely N-dealkylation sites (tertiary alicyclic amines) is 1. The summed E-state index contributed by atoms with van der Waals surface area (Å²) in [5, 5.41) is 12.5. The Morgan fingerprint density at radius 2 is 2.47 bits per heavy atom. The van der Waals surface area contributed by atoms with Crippen LogP contribution in [0.2, 0.25) is 0 Å². The van der Waals surface area contributed by atoms with E-state index in [-0.39, 0.29) is 11.8 Å². The van der Waals surface area contributed by atoms with Gasteiger partial charge < -0.3 is 15.7 Å². The molecule has 0 bridgehead atoms. The molecule has 1 fully saturated rings. The lowest BCUT2D eigenvalue weighted by Crippen LogP contribution is -2.50. The molecular weight excluding hydrogens is 262 g/mol. The fourth-order valence-electron chi connectivity index (χ4n) is 2.28. The van der Waals surface area contributed by atoms with E-state index >= 15 is 0 Å². The van der Waals surface area contributed by atoms with Gasteiger partial charge in [-0.1, -0.05) is 6.92 Å². The molecule has 0 aromatic carbocycles. The summed E-state index contributed by atoms with van der Waals surface area (Å²) in [5.74, 6) is 0.244. The van der Waals surface area contributed by atoms with Crippen molar-refractivity contribution in [2.24, 2.45) is 5.92 Å². The molecule has 1 aliphatic rings. The number of anilines is 1. The minimum atomic E-state index is -0.653. The lowest BCUT2D eigenvalue weighted by molar-refractivity contribution is -0.138. The van der Waals surface area contributed by atoms with Crippen molar-refractivity contribution >= 4 is 22.4 Å². The van der Waals surface area contributed by atoms with Gasteiger partial charge in [0.05, 0.1) is 11.3 Å². The van der Waals surface area contributed by atoms with Crippen molar-refractivity contribution in [1.29, 1.82) is 0 Å². The number of hydrogen-bond donors (Lipinski definition) is 2. The quantitative estimate of drug-likeness (QED) is 0.875. The van der Waals surface area contributed by atoms with Gasteiger partial charge in [-0.15, -0.1) is 11.3 Å². The van der Waals surface area contributed by atoms with Crippen molar-refractivity contribution in [3.05, 3.63) is 11.1 Å². The summed E-state index contributed by atoms with van der Waals surface area (Å²) in [7, 11) is 0. The van der Waals surface area contributed by atoms with Crippen molar-refractivity contribution in [3.63, 3.8) is 0 Å². The molecule has 1 saturated heterocycles. The zero-order valence-corrected chi connectivity index (χ0v) is 12.2. The number of hydrogen-bond acceptors (Lipinski definition) is 5. The van der Waals surface area contributed by atoms with E-state index in [1.165, 1.54) is 11.3 Å². The number of nitrogen functional groups attached to an aromatic ring is 1. The maximum atomic E-state index is 12.1. The monoisotopic (exact) mass is 283 g/mol. The number of amides is 1. The van der Waals surface area contributed by atoms with Gasteiger partial charge in [-0.2, -0.15) is 0 Å². The van der Waals surface area contributed by atoms with E-state index in [1.807, 2.05) is 24.1 Å². The van der Waals surface area contributed by atoms with E-state index in [9.17, 15) is 9.90 Å². The minimum Gasteiger partial charge on any atom is -0.390 e. The number of piperidine rings is 1. The Balaban J connectivity index is 1.84.